The van der Waals surface area contributed by atoms with Gasteiger partial charge in [0.1, 0.15) is 5.56 Å². The first-order valence-corrected chi connectivity index (χ1v) is 11.9. The van der Waals surface area contributed by atoms with Crippen LogP contribution in [0, 0.1) is 5.92 Å². The van der Waals surface area contributed by atoms with Gasteiger partial charge >= 0.3 is 0 Å². The van der Waals surface area contributed by atoms with Gasteiger partial charge in [-0.2, -0.15) is 11.8 Å². The van der Waals surface area contributed by atoms with E-state index in [2.05, 4.69) is 11.2 Å². The normalized spacial score (nSPS) is 26.2. The summed E-state index contributed by atoms with van der Waals surface area (Å²) in [6.45, 7) is 3.30. The van der Waals surface area contributed by atoms with E-state index in [0.717, 1.165) is 42.4 Å². The van der Waals surface area contributed by atoms with Gasteiger partial charge in [-0.25, -0.2) is 8.78 Å². The molecule has 2 saturated heterocycles. The maximum Gasteiger partial charge on any atom is 0.265 e. The Morgan fingerprint density at radius 1 is 1.28 bits per heavy atom. The molecular formula is C21H29F2N3O2S. The van der Waals surface area contributed by atoms with Crippen molar-refractivity contribution in [1.29, 1.82) is 0 Å². The number of fused-ring (bicyclic) bond motifs is 4. The maximum atomic E-state index is 13.7. The third-order valence-electron chi connectivity index (χ3n) is 6.41. The summed E-state index contributed by atoms with van der Waals surface area (Å²) in [6.07, 6.45) is 4.43. The second-order valence-electron chi connectivity index (χ2n) is 8.68. The lowest BCUT2D eigenvalue weighted by atomic mass is 9.83. The third-order valence-corrected chi connectivity index (χ3v) is 7.11. The summed E-state index contributed by atoms with van der Waals surface area (Å²) in [5, 5.41) is 0. The monoisotopic (exact) mass is 425 g/mol. The fourth-order valence-corrected chi connectivity index (χ4v) is 5.55. The van der Waals surface area contributed by atoms with E-state index in [1.165, 1.54) is 6.42 Å². The van der Waals surface area contributed by atoms with Gasteiger partial charge < -0.3 is 14.4 Å². The van der Waals surface area contributed by atoms with Crippen molar-refractivity contribution < 1.29 is 13.6 Å². The van der Waals surface area contributed by atoms with E-state index in [0.29, 0.717) is 18.4 Å². The lowest BCUT2D eigenvalue weighted by molar-refractivity contribution is -0.0561. The second kappa shape index (κ2) is 8.38. The molecule has 0 radical (unpaired) electrons. The first-order chi connectivity index (χ1) is 13.9. The molecule has 0 aliphatic carbocycles. The summed E-state index contributed by atoms with van der Waals surface area (Å²) < 4.78 is 29.2. The summed E-state index contributed by atoms with van der Waals surface area (Å²) in [7, 11) is 0. The highest BCUT2D eigenvalue weighted by atomic mass is 32.2. The van der Waals surface area contributed by atoms with Crippen LogP contribution in [0.4, 0.5) is 8.78 Å². The Morgan fingerprint density at radius 3 is 2.86 bits per heavy atom. The molecule has 0 N–H and O–H groups in total. The highest BCUT2D eigenvalue weighted by Gasteiger charge is 2.39. The summed E-state index contributed by atoms with van der Waals surface area (Å²) in [5.74, 6) is -1.57. The smallest absolute Gasteiger partial charge is 0.265 e. The molecule has 3 aliphatic rings. The Balaban J connectivity index is 1.53. The van der Waals surface area contributed by atoms with Gasteiger partial charge in [-0.05, 0) is 55.9 Å². The molecule has 2 atom stereocenters. The van der Waals surface area contributed by atoms with Crippen molar-refractivity contribution >= 4 is 17.7 Å². The molecule has 3 aliphatic heterocycles. The number of carbonyl (C=O) groups is 1. The van der Waals surface area contributed by atoms with E-state index >= 15 is 0 Å². The van der Waals surface area contributed by atoms with Crippen LogP contribution in [0.25, 0.3) is 0 Å². The van der Waals surface area contributed by atoms with Crippen molar-refractivity contribution in [3.8, 4) is 0 Å². The van der Waals surface area contributed by atoms with Gasteiger partial charge in [-0.15, -0.1) is 0 Å². The second-order valence-corrected chi connectivity index (χ2v) is 9.66. The number of halogens is 2. The van der Waals surface area contributed by atoms with Crippen LogP contribution in [-0.2, 0) is 6.54 Å². The zero-order valence-corrected chi connectivity index (χ0v) is 17.7. The topological polar surface area (TPSA) is 45.6 Å². The molecular weight excluding hydrogens is 396 g/mol. The zero-order chi connectivity index (χ0) is 20.6. The molecule has 2 bridgehead atoms. The number of thioether (sulfide) groups is 1. The van der Waals surface area contributed by atoms with E-state index in [1.54, 1.807) is 10.6 Å². The summed E-state index contributed by atoms with van der Waals surface area (Å²) in [5.41, 5.74) is 0.705. The Bertz CT molecular complexity index is 829. The van der Waals surface area contributed by atoms with Crippen LogP contribution in [0.5, 0.6) is 0 Å². The van der Waals surface area contributed by atoms with Crippen molar-refractivity contribution in [1.82, 2.24) is 14.4 Å². The van der Waals surface area contributed by atoms with Gasteiger partial charge in [0.2, 0.25) is 0 Å². The first-order valence-electron chi connectivity index (χ1n) is 10.5. The summed E-state index contributed by atoms with van der Waals surface area (Å²) in [6, 6.07) is 3.44. The molecule has 160 valence electrons. The van der Waals surface area contributed by atoms with Crippen LogP contribution in [0.1, 0.15) is 47.7 Å². The van der Waals surface area contributed by atoms with E-state index in [1.807, 2.05) is 17.8 Å². The molecule has 0 spiro atoms. The highest BCUT2D eigenvalue weighted by molar-refractivity contribution is 7.98. The average Bonchev–Trinajstić information content (AvgIpc) is 2.68. The molecule has 5 nitrogen and oxygen atoms in total. The number of nitrogens with zero attached hydrogens (tertiary/aromatic N) is 3. The number of carbonyl (C=O) groups excluding carboxylic acids is 1. The number of piperidine rings is 2. The van der Waals surface area contributed by atoms with Crippen LogP contribution in [-0.4, -0.2) is 70.9 Å². The maximum absolute atomic E-state index is 13.7. The molecule has 0 unspecified atom stereocenters. The van der Waals surface area contributed by atoms with Crippen molar-refractivity contribution in [2.24, 2.45) is 5.92 Å². The number of pyridine rings is 1. The molecule has 29 heavy (non-hydrogen) atoms. The van der Waals surface area contributed by atoms with Crippen molar-refractivity contribution in [2.45, 2.75) is 44.1 Å². The van der Waals surface area contributed by atoms with E-state index < -0.39 is 18.4 Å². The Kier molecular flexibility index (Phi) is 6.02. The van der Waals surface area contributed by atoms with Crippen LogP contribution < -0.4 is 5.56 Å². The predicted octanol–water partition coefficient (Wildman–Crippen LogP) is 2.89. The van der Waals surface area contributed by atoms with E-state index in [-0.39, 0.29) is 30.5 Å². The molecule has 0 aromatic carbocycles. The molecule has 4 rings (SSSR count). The van der Waals surface area contributed by atoms with Crippen LogP contribution in [0.2, 0.25) is 0 Å². The minimum Gasteiger partial charge on any atom is -0.332 e. The quantitative estimate of drug-likeness (QED) is 0.681. The van der Waals surface area contributed by atoms with Gasteiger partial charge in [-0.1, -0.05) is 0 Å². The largest absolute Gasteiger partial charge is 0.332 e. The molecule has 1 aromatic heterocycles. The Labute approximate surface area is 174 Å². The summed E-state index contributed by atoms with van der Waals surface area (Å²) >= 11 is 1.86. The number of amides is 1. The molecule has 8 heteroatoms. The van der Waals surface area contributed by atoms with Gasteiger partial charge in [0.05, 0.1) is 6.54 Å². The van der Waals surface area contributed by atoms with Crippen LogP contribution >= 0.6 is 11.8 Å². The Hall–Kier alpha value is -1.41. The van der Waals surface area contributed by atoms with Gasteiger partial charge in [-0.3, -0.25) is 9.59 Å². The number of hydrogen-bond acceptors (Lipinski definition) is 4. The third kappa shape index (κ3) is 4.38. The first kappa shape index (κ1) is 20.8. The van der Waals surface area contributed by atoms with E-state index in [4.69, 9.17) is 0 Å². The fraction of sp³-hybridized carbons (Fsp3) is 0.714. The van der Waals surface area contributed by atoms with Crippen LogP contribution in [0.3, 0.4) is 0 Å². The standard InChI is InChI=1S/C21H29F2N3O2S/c1-29-9-3-7-24-11-15-10-16(13-24)18-5-4-17(20(28)26(18)12-15)19(27)25-8-2-6-21(22,23)14-25/h4-5,15-16H,2-3,6-14H2,1H3/t15-,16+/m0/s1. The van der Waals surface area contributed by atoms with Crippen LogP contribution in [0.15, 0.2) is 16.9 Å². The number of hydrogen-bond donors (Lipinski definition) is 0. The SMILES string of the molecule is CSCCCN1C[C@@H]2C[C@H](C1)c1ccc(C(=O)N3CCCC(F)(F)C3)c(=O)n1C2. The van der Waals surface area contributed by atoms with Gasteiger partial charge in [0.25, 0.3) is 17.4 Å². The van der Waals surface area contributed by atoms with Crippen molar-refractivity contribution in [2.75, 3.05) is 44.7 Å². The number of aromatic nitrogens is 1. The van der Waals surface area contributed by atoms with Gasteiger partial charge in [0, 0.05) is 44.2 Å². The number of alkyl halides is 2. The molecule has 1 aromatic rings. The lowest BCUT2D eigenvalue weighted by Gasteiger charge is -2.43. The fourth-order valence-electron chi connectivity index (χ4n) is 5.13. The molecule has 0 saturated carbocycles. The Morgan fingerprint density at radius 2 is 2.10 bits per heavy atom. The van der Waals surface area contributed by atoms with Crippen molar-refractivity contribution in [3.05, 3.63) is 33.7 Å². The molecule has 1 amide bonds. The highest BCUT2D eigenvalue weighted by Crippen LogP contribution is 2.35. The lowest BCUT2D eigenvalue weighted by Crippen LogP contribution is -2.50. The number of likely N-dealkylation sites (tertiary alicyclic amines) is 2. The van der Waals surface area contributed by atoms with Crippen molar-refractivity contribution in [3.63, 3.8) is 0 Å². The minimum atomic E-state index is -2.87. The average molecular weight is 426 g/mol. The molecule has 2 fully saturated rings. The molecule has 4 heterocycles. The zero-order valence-electron chi connectivity index (χ0n) is 16.9. The minimum absolute atomic E-state index is 0.0308. The van der Waals surface area contributed by atoms with Gasteiger partial charge in [0.15, 0.2) is 0 Å². The van der Waals surface area contributed by atoms with E-state index in [9.17, 15) is 18.4 Å². The number of rotatable bonds is 5. The summed E-state index contributed by atoms with van der Waals surface area (Å²) in [4.78, 5) is 29.5. The predicted molar refractivity (Wildman–Crippen MR) is 111 cm³/mol.